The number of hydrogen-bond donors (Lipinski definition) is 0. The van der Waals surface area contributed by atoms with Gasteiger partial charge in [0.2, 0.25) is 0 Å². The van der Waals surface area contributed by atoms with Crippen molar-refractivity contribution in [3.63, 3.8) is 0 Å². The Hall–Kier alpha value is -0.0400. The Kier molecular flexibility index (Phi) is 7.18. The van der Waals surface area contributed by atoms with Crippen LogP contribution in [0.1, 0.15) is 84.0 Å². The molecule has 0 radical (unpaired) electrons. The highest BCUT2D eigenvalue weighted by molar-refractivity contribution is 6.24. The van der Waals surface area contributed by atoms with Gasteiger partial charge in [-0.15, -0.1) is 11.6 Å². The van der Waals surface area contributed by atoms with Crippen molar-refractivity contribution in [3.8, 4) is 0 Å². The Balaban J connectivity index is 2.36. The van der Waals surface area contributed by atoms with Crippen molar-refractivity contribution in [3.05, 3.63) is 0 Å². The van der Waals surface area contributed by atoms with Gasteiger partial charge in [-0.25, -0.2) is 0 Å². The molecule has 1 fully saturated rings. The number of Topliss-reactive ketones (excluding diaryl/α,β-unsaturated/α-hetero) is 1. The molecular weight excluding hydrogens is 232 g/mol. The van der Waals surface area contributed by atoms with E-state index < -0.39 is 0 Å². The van der Waals surface area contributed by atoms with E-state index in [-0.39, 0.29) is 4.87 Å². The summed E-state index contributed by atoms with van der Waals surface area (Å²) in [7, 11) is 0. The molecule has 1 rings (SSSR count). The molecule has 0 amide bonds. The van der Waals surface area contributed by atoms with Gasteiger partial charge in [0.05, 0.1) is 0 Å². The molecule has 1 aliphatic carbocycles. The standard InChI is InChI=1S/C15H27ClO/c1-15(16)12-10-8-6-4-2-3-5-7-9-11-14(17)13-15/h2-13H2,1H3. The first-order chi connectivity index (χ1) is 8.10. The second-order valence-electron chi connectivity index (χ2n) is 5.81. The van der Waals surface area contributed by atoms with Crippen LogP contribution in [0.25, 0.3) is 0 Å². The van der Waals surface area contributed by atoms with Crippen LogP contribution in [0.4, 0.5) is 0 Å². The normalized spacial score (nSPS) is 30.8. The number of ketones is 1. The summed E-state index contributed by atoms with van der Waals surface area (Å²) >= 11 is 6.42. The first kappa shape index (κ1) is 15.0. The lowest BCUT2D eigenvalue weighted by molar-refractivity contribution is -0.119. The summed E-state index contributed by atoms with van der Waals surface area (Å²) in [6.45, 7) is 2.03. The zero-order valence-electron chi connectivity index (χ0n) is 11.3. The highest BCUT2D eigenvalue weighted by Crippen LogP contribution is 2.28. The van der Waals surface area contributed by atoms with Gasteiger partial charge >= 0.3 is 0 Å². The van der Waals surface area contributed by atoms with E-state index in [0.29, 0.717) is 12.2 Å². The van der Waals surface area contributed by atoms with E-state index in [1.54, 1.807) is 0 Å². The fourth-order valence-electron chi connectivity index (χ4n) is 2.64. The van der Waals surface area contributed by atoms with Crippen LogP contribution < -0.4 is 0 Å². The molecule has 0 bridgehead atoms. The van der Waals surface area contributed by atoms with Crippen LogP contribution in [0.2, 0.25) is 0 Å². The molecule has 0 spiro atoms. The Labute approximate surface area is 111 Å². The van der Waals surface area contributed by atoms with Gasteiger partial charge < -0.3 is 0 Å². The summed E-state index contributed by atoms with van der Waals surface area (Å²) in [5, 5.41) is 0. The van der Waals surface area contributed by atoms with E-state index in [4.69, 9.17) is 11.6 Å². The van der Waals surface area contributed by atoms with E-state index in [1.165, 1.54) is 51.4 Å². The van der Waals surface area contributed by atoms with Crippen molar-refractivity contribution in [1.29, 1.82) is 0 Å². The minimum Gasteiger partial charge on any atom is -0.300 e. The fourth-order valence-corrected chi connectivity index (χ4v) is 2.92. The average molecular weight is 259 g/mol. The lowest BCUT2D eigenvalue weighted by Crippen LogP contribution is -2.21. The maximum absolute atomic E-state index is 11.8. The second-order valence-corrected chi connectivity index (χ2v) is 6.72. The highest BCUT2D eigenvalue weighted by atomic mass is 35.5. The molecule has 100 valence electrons. The van der Waals surface area contributed by atoms with E-state index in [2.05, 4.69) is 0 Å². The van der Waals surface area contributed by atoms with Crippen molar-refractivity contribution in [2.75, 3.05) is 0 Å². The van der Waals surface area contributed by atoms with Crippen LogP contribution in [-0.4, -0.2) is 10.7 Å². The molecule has 0 aliphatic heterocycles. The third-order valence-corrected chi connectivity index (χ3v) is 4.04. The van der Waals surface area contributed by atoms with Crippen molar-refractivity contribution < 1.29 is 4.79 Å². The first-order valence-electron chi connectivity index (χ1n) is 7.31. The zero-order chi connectivity index (χ0) is 12.6. The number of hydrogen-bond acceptors (Lipinski definition) is 1. The van der Waals surface area contributed by atoms with Gasteiger partial charge in [-0.3, -0.25) is 4.79 Å². The SMILES string of the molecule is CC1(Cl)CCCCCCCCCCCC(=O)C1. The monoisotopic (exact) mass is 258 g/mol. The van der Waals surface area contributed by atoms with Gasteiger partial charge in [-0.1, -0.05) is 51.4 Å². The van der Waals surface area contributed by atoms with Crippen LogP contribution in [-0.2, 0) is 4.79 Å². The van der Waals surface area contributed by atoms with Crippen molar-refractivity contribution in [2.45, 2.75) is 88.8 Å². The van der Waals surface area contributed by atoms with Crippen LogP contribution in [0.15, 0.2) is 0 Å². The largest absolute Gasteiger partial charge is 0.300 e. The molecule has 1 unspecified atom stereocenters. The predicted octanol–water partition coefficient (Wildman–Crippen LogP) is 5.25. The molecule has 0 aromatic rings. The second kappa shape index (κ2) is 8.13. The quantitative estimate of drug-likeness (QED) is 0.543. The third-order valence-electron chi connectivity index (χ3n) is 3.72. The maximum Gasteiger partial charge on any atom is 0.134 e. The lowest BCUT2D eigenvalue weighted by atomic mass is 9.93. The van der Waals surface area contributed by atoms with E-state index in [9.17, 15) is 4.79 Å². The minimum atomic E-state index is -0.290. The minimum absolute atomic E-state index is 0.290. The summed E-state index contributed by atoms with van der Waals surface area (Å²) in [4.78, 5) is 11.5. The first-order valence-corrected chi connectivity index (χ1v) is 7.69. The zero-order valence-corrected chi connectivity index (χ0v) is 12.0. The predicted molar refractivity (Wildman–Crippen MR) is 74.7 cm³/mol. The van der Waals surface area contributed by atoms with Gasteiger partial charge in [0.1, 0.15) is 5.78 Å². The molecule has 1 aliphatic rings. The van der Waals surface area contributed by atoms with Crippen molar-refractivity contribution >= 4 is 17.4 Å². The molecule has 1 nitrogen and oxygen atoms in total. The van der Waals surface area contributed by atoms with Crippen molar-refractivity contribution in [1.82, 2.24) is 0 Å². The van der Waals surface area contributed by atoms with Crippen LogP contribution in [0, 0.1) is 0 Å². The Bertz CT molecular complexity index is 223. The molecule has 17 heavy (non-hydrogen) atoms. The number of halogens is 1. The van der Waals surface area contributed by atoms with Crippen LogP contribution in [0.3, 0.4) is 0 Å². The molecule has 0 aromatic carbocycles. The van der Waals surface area contributed by atoms with Crippen LogP contribution in [0.5, 0.6) is 0 Å². The van der Waals surface area contributed by atoms with Crippen molar-refractivity contribution in [2.24, 2.45) is 0 Å². The van der Waals surface area contributed by atoms with E-state index >= 15 is 0 Å². The fraction of sp³-hybridized carbons (Fsp3) is 0.933. The number of carbonyl (C=O) groups excluding carboxylic acids is 1. The van der Waals surface area contributed by atoms with E-state index in [1.807, 2.05) is 6.92 Å². The topological polar surface area (TPSA) is 17.1 Å². The molecule has 1 saturated carbocycles. The van der Waals surface area contributed by atoms with Gasteiger partial charge in [0.25, 0.3) is 0 Å². The summed E-state index contributed by atoms with van der Waals surface area (Å²) in [6, 6.07) is 0. The van der Waals surface area contributed by atoms with E-state index in [0.717, 1.165) is 19.3 Å². The van der Waals surface area contributed by atoms with Gasteiger partial charge in [0, 0.05) is 17.7 Å². The van der Waals surface area contributed by atoms with Gasteiger partial charge in [-0.05, 0) is 19.8 Å². The average Bonchev–Trinajstić information content (AvgIpc) is 2.24. The molecule has 0 N–H and O–H groups in total. The highest BCUT2D eigenvalue weighted by Gasteiger charge is 2.23. The smallest absolute Gasteiger partial charge is 0.134 e. The molecule has 0 heterocycles. The Morgan fingerprint density at radius 1 is 0.882 bits per heavy atom. The van der Waals surface area contributed by atoms with Crippen LogP contribution >= 0.6 is 11.6 Å². The summed E-state index contributed by atoms with van der Waals surface area (Å²) in [5.74, 6) is 0.361. The van der Waals surface area contributed by atoms with Gasteiger partial charge in [-0.2, -0.15) is 0 Å². The third kappa shape index (κ3) is 7.81. The number of alkyl halides is 1. The maximum atomic E-state index is 11.8. The summed E-state index contributed by atoms with van der Waals surface area (Å²) in [6.07, 6.45) is 13.7. The number of carbonyl (C=O) groups is 1. The summed E-state index contributed by atoms with van der Waals surface area (Å²) in [5.41, 5.74) is 0. The molecular formula is C15H27ClO. The molecule has 2 heteroatoms. The molecule has 0 saturated heterocycles. The summed E-state index contributed by atoms with van der Waals surface area (Å²) < 4.78 is 0. The Morgan fingerprint density at radius 3 is 1.94 bits per heavy atom. The Morgan fingerprint density at radius 2 is 1.35 bits per heavy atom. The molecule has 0 aromatic heterocycles. The number of rotatable bonds is 0. The molecule has 1 atom stereocenters. The lowest BCUT2D eigenvalue weighted by Gasteiger charge is -2.21. The van der Waals surface area contributed by atoms with Gasteiger partial charge in [0.15, 0.2) is 0 Å².